The van der Waals surface area contributed by atoms with Crippen LogP contribution in [-0.2, 0) is 14.2 Å². The van der Waals surface area contributed by atoms with Gasteiger partial charge >= 0.3 is 0 Å². The molecule has 0 aromatic carbocycles. The molecule has 0 unspecified atom stereocenters. The minimum absolute atomic E-state index is 0.324. The SMILES string of the molecule is CC(C)OCCCOCCCOC(C)C. The maximum Gasteiger partial charge on any atom is 0.0518 e. The van der Waals surface area contributed by atoms with Gasteiger partial charge in [-0.3, -0.25) is 0 Å². The van der Waals surface area contributed by atoms with Crippen molar-refractivity contribution in [3.8, 4) is 0 Å². The van der Waals surface area contributed by atoms with Crippen LogP contribution in [0.25, 0.3) is 0 Å². The zero-order valence-electron chi connectivity index (χ0n) is 10.6. The molecular formula is C12H26O3. The molecule has 0 spiro atoms. The molecule has 0 aliphatic heterocycles. The molecule has 0 bridgehead atoms. The molecule has 0 fully saturated rings. The Hall–Kier alpha value is -0.120. The fourth-order valence-corrected chi connectivity index (χ4v) is 1.06. The second kappa shape index (κ2) is 10.4. The molecule has 0 aromatic rings. The maximum atomic E-state index is 5.44. The van der Waals surface area contributed by atoms with Gasteiger partial charge < -0.3 is 14.2 Å². The Morgan fingerprint density at radius 1 is 0.667 bits per heavy atom. The lowest BCUT2D eigenvalue weighted by molar-refractivity contribution is 0.0347. The minimum Gasteiger partial charge on any atom is -0.381 e. The van der Waals surface area contributed by atoms with Crippen molar-refractivity contribution in [1.82, 2.24) is 0 Å². The van der Waals surface area contributed by atoms with Crippen LogP contribution in [0.5, 0.6) is 0 Å². The lowest BCUT2D eigenvalue weighted by Crippen LogP contribution is -2.09. The van der Waals surface area contributed by atoms with Crippen LogP contribution < -0.4 is 0 Å². The predicted octanol–water partition coefficient (Wildman–Crippen LogP) is 2.63. The van der Waals surface area contributed by atoms with Gasteiger partial charge in [0.15, 0.2) is 0 Å². The fourth-order valence-electron chi connectivity index (χ4n) is 1.06. The van der Waals surface area contributed by atoms with Gasteiger partial charge in [0.05, 0.1) is 12.2 Å². The Morgan fingerprint density at radius 2 is 1.07 bits per heavy atom. The summed E-state index contributed by atoms with van der Waals surface area (Å²) in [6, 6.07) is 0. The largest absolute Gasteiger partial charge is 0.381 e. The summed E-state index contributed by atoms with van der Waals surface area (Å²) in [5, 5.41) is 0. The first-order chi connectivity index (χ1) is 7.13. The molecule has 0 heterocycles. The van der Waals surface area contributed by atoms with Crippen LogP contribution in [0.4, 0.5) is 0 Å². The molecule has 0 amide bonds. The zero-order chi connectivity index (χ0) is 11.5. The van der Waals surface area contributed by atoms with Gasteiger partial charge in [-0.2, -0.15) is 0 Å². The first-order valence-corrected chi connectivity index (χ1v) is 5.94. The van der Waals surface area contributed by atoms with Crippen LogP contribution in [0.3, 0.4) is 0 Å². The van der Waals surface area contributed by atoms with E-state index in [1.54, 1.807) is 0 Å². The molecule has 0 aliphatic carbocycles. The summed E-state index contributed by atoms with van der Waals surface area (Å²) in [6.07, 6.45) is 2.60. The topological polar surface area (TPSA) is 27.7 Å². The first-order valence-electron chi connectivity index (χ1n) is 5.94. The molecule has 15 heavy (non-hydrogen) atoms. The Morgan fingerprint density at radius 3 is 1.40 bits per heavy atom. The smallest absolute Gasteiger partial charge is 0.0518 e. The van der Waals surface area contributed by atoms with Gasteiger partial charge in [-0.1, -0.05) is 0 Å². The zero-order valence-corrected chi connectivity index (χ0v) is 10.6. The quantitative estimate of drug-likeness (QED) is 0.528. The third-order valence-electron chi connectivity index (χ3n) is 1.77. The Balaban J connectivity index is 2.93. The first kappa shape index (κ1) is 14.9. The molecule has 0 rings (SSSR count). The highest BCUT2D eigenvalue weighted by Gasteiger charge is 1.95. The maximum absolute atomic E-state index is 5.44. The Kier molecular flexibility index (Phi) is 10.3. The summed E-state index contributed by atoms with van der Waals surface area (Å²) < 4.78 is 16.2. The summed E-state index contributed by atoms with van der Waals surface area (Å²) in [6.45, 7) is 11.3. The molecule has 0 N–H and O–H groups in total. The van der Waals surface area contributed by atoms with Crippen LogP contribution in [0.15, 0.2) is 0 Å². The standard InChI is InChI=1S/C12H26O3/c1-11(2)14-9-5-7-13-8-6-10-15-12(3)4/h11-12H,5-10H2,1-4H3. The molecule has 0 atom stereocenters. The van der Waals surface area contributed by atoms with Crippen LogP contribution in [0, 0.1) is 0 Å². The van der Waals surface area contributed by atoms with Gasteiger partial charge in [-0.15, -0.1) is 0 Å². The van der Waals surface area contributed by atoms with E-state index in [2.05, 4.69) is 0 Å². The Bertz CT molecular complexity index is 110. The number of hydrogen-bond acceptors (Lipinski definition) is 3. The van der Waals surface area contributed by atoms with E-state index in [0.29, 0.717) is 12.2 Å². The van der Waals surface area contributed by atoms with Gasteiger partial charge in [-0.25, -0.2) is 0 Å². The molecule has 0 aliphatic rings. The average molecular weight is 218 g/mol. The average Bonchev–Trinajstić information content (AvgIpc) is 2.14. The highest BCUT2D eigenvalue weighted by Crippen LogP contribution is 1.93. The minimum atomic E-state index is 0.324. The molecular weight excluding hydrogens is 192 g/mol. The van der Waals surface area contributed by atoms with Crippen molar-refractivity contribution in [2.75, 3.05) is 26.4 Å². The third-order valence-corrected chi connectivity index (χ3v) is 1.77. The van der Waals surface area contributed by atoms with E-state index in [1.807, 2.05) is 27.7 Å². The van der Waals surface area contributed by atoms with Gasteiger partial charge in [0.25, 0.3) is 0 Å². The highest BCUT2D eigenvalue weighted by molar-refractivity contribution is 4.41. The molecule has 3 heteroatoms. The third kappa shape index (κ3) is 13.9. The van der Waals surface area contributed by atoms with Crippen molar-refractivity contribution in [2.45, 2.75) is 52.7 Å². The molecule has 3 nitrogen and oxygen atoms in total. The predicted molar refractivity (Wildman–Crippen MR) is 62.2 cm³/mol. The Labute approximate surface area is 94.1 Å². The number of rotatable bonds is 10. The van der Waals surface area contributed by atoms with E-state index in [-0.39, 0.29) is 0 Å². The highest BCUT2D eigenvalue weighted by atomic mass is 16.5. The van der Waals surface area contributed by atoms with Gasteiger partial charge in [-0.05, 0) is 40.5 Å². The van der Waals surface area contributed by atoms with Crippen molar-refractivity contribution in [1.29, 1.82) is 0 Å². The van der Waals surface area contributed by atoms with Gasteiger partial charge in [0.1, 0.15) is 0 Å². The van der Waals surface area contributed by atoms with E-state index in [4.69, 9.17) is 14.2 Å². The van der Waals surface area contributed by atoms with Crippen molar-refractivity contribution >= 4 is 0 Å². The second-order valence-corrected chi connectivity index (χ2v) is 4.16. The van der Waals surface area contributed by atoms with Crippen molar-refractivity contribution in [2.24, 2.45) is 0 Å². The van der Waals surface area contributed by atoms with E-state index >= 15 is 0 Å². The molecule has 0 radical (unpaired) electrons. The van der Waals surface area contributed by atoms with E-state index in [1.165, 1.54) is 0 Å². The van der Waals surface area contributed by atoms with E-state index < -0.39 is 0 Å². The lowest BCUT2D eigenvalue weighted by atomic mass is 10.4. The summed E-state index contributed by atoms with van der Waals surface area (Å²) in [4.78, 5) is 0. The van der Waals surface area contributed by atoms with E-state index in [9.17, 15) is 0 Å². The fraction of sp³-hybridized carbons (Fsp3) is 1.00. The summed E-state index contributed by atoms with van der Waals surface area (Å²) in [5.74, 6) is 0. The van der Waals surface area contributed by atoms with Crippen LogP contribution >= 0.6 is 0 Å². The number of ether oxygens (including phenoxy) is 3. The van der Waals surface area contributed by atoms with Gasteiger partial charge in [0, 0.05) is 26.4 Å². The van der Waals surface area contributed by atoms with Crippen molar-refractivity contribution < 1.29 is 14.2 Å². The van der Waals surface area contributed by atoms with Crippen LogP contribution in [0.2, 0.25) is 0 Å². The molecule has 92 valence electrons. The normalized spacial score (nSPS) is 11.6. The van der Waals surface area contributed by atoms with Crippen LogP contribution in [0.1, 0.15) is 40.5 Å². The van der Waals surface area contributed by atoms with Gasteiger partial charge in [0.2, 0.25) is 0 Å². The van der Waals surface area contributed by atoms with Crippen molar-refractivity contribution in [3.63, 3.8) is 0 Å². The van der Waals surface area contributed by atoms with Crippen LogP contribution in [-0.4, -0.2) is 38.6 Å². The molecule has 0 saturated carbocycles. The second-order valence-electron chi connectivity index (χ2n) is 4.16. The molecule has 0 saturated heterocycles. The summed E-state index contributed by atoms with van der Waals surface area (Å²) in [7, 11) is 0. The van der Waals surface area contributed by atoms with Crippen molar-refractivity contribution in [3.05, 3.63) is 0 Å². The molecule has 0 aromatic heterocycles. The summed E-state index contributed by atoms with van der Waals surface area (Å²) >= 11 is 0. The summed E-state index contributed by atoms with van der Waals surface area (Å²) in [5.41, 5.74) is 0. The lowest BCUT2D eigenvalue weighted by Gasteiger charge is -2.09. The van der Waals surface area contributed by atoms with E-state index in [0.717, 1.165) is 39.3 Å². The monoisotopic (exact) mass is 218 g/mol. The number of hydrogen-bond donors (Lipinski definition) is 0.